The number of carbonyl (C=O) groups excluding carboxylic acids is 3. The third-order valence-electron chi connectivity index (χ3n) is 13.8. The van der Waals surface area contributed by atoms with Crippen LogP contribution in [-0.2, 0) is 21.0 Å². The lowest BCUT2D eigenvalue weighted by Crippen LogP contribution is -2.62. The number of benzene rings is 2. The zero-order valence-electron chi connectivity index (χ0n) is 34.5. The molecule has 2 aromatic rings. The molecule has 2 saturated heterocycles. The van der Waals surface area contributed by atoms with E-state index < -0.39 is 30.2 Å². The molecule has 3 heterocycles. The third kappa shape index (κ3) is 7.93. The molecule has 6 aliphatic rings. The molecule has 13 heteroatoms. The molecule has 10 atom stereocenters. The Morgan fingerprint density at radius 1 is 1.11 bits per heavy atom. The fourth-order valence-electron chi connectivity index (χ4n) is 10.4. The summed E-state index contributed by atoms with van der Waals surface area (Å²) in [6, 6.07) is 10.1. The number of amides is 3. The van der Waals surface area contributed by atoms with E-state index in [9.17, 15) is 24.6 Å². The van der Waals surface area contributed by atoms with E-state index in [1.165, 1.54) is 6.42 Å². The van der Waals surface area contributed by atoms with Gasteiger partial charge in [0.25, 0.3) is 5.91 Å². The number of hydroxylamine groups is 2. The maximum absolute atomic E-state index is 14.3. The molecule has 3 amide bonds. The number of nitrogens with zero attached hydrogens (tertiary/aromatic N) is 3. The second kappa shape index (κ2) is 16.7. The van der Waals surface area contributed by atoms with Crippen LogP contribution in [0.5, 0.6) is 5.75 Å². The van der Waals surface area contributed by atoms with E-state index in [0.29, 0.717) is 55.0 Å². The van der Waals surface area contributed by atoms with Crippen molar-refractivity contribution in [2.75, 3.05) is 45.8 Å². The van der Waals surface area contributed by atoms with Crippen molar-refractivity contribution in [3.8, 4) is 16.9 Å². The van der Waals surface area contributed by atoms with Crippen molar-refractivity contribution >= 4 is 23.4 Å². The van der Waals surface area contributed by atoms with Crippen LogP contribution < -0.4 is 25.6 Å². The van der Waals surface area contributed by atoms with Crippen molar-refractivity contribution in [2.24, 2.45) is 29.1 Å². The highest BCUT2D eigenvalue weighted by Crippen LogP contribution is 2.61. The summed E-state index contributed by atoms with van der Waals surface area (Å²) in [5, 5.41) is 32.7. The first-order valence-corrected chi connectivity index (χ1v) is 20.7. The van der Waals surface area contributed by atoms with Gasteiger partial charge in [-0.2, -0.15) is 5.06 Å². The molecule has 57 heavy (non-hydrogen) atoms. The average molecular weight is 787 g/mol. The number of methoxy groups -OCH3 is 1. The molecule has 8 rings (SSSR count). The molecular weight excluding hydrogens is 725 g/mol. The Morgan fingerprint density at radius 2 is 1.89 bits per heavy atom. The maximum atomic E-state index is 14.3. The van der Waals surface area contributed by atoms with Gasteiger partial charge < -0.3 is 35.4 Å². The van der Waals surface area contributed by atoms with Gasteiger partial charge in [-0.1, -0.05) is 51.1 Å². The lowest BCUT2D eigenvalue weighted by molar-refractivity contribution is -0.183. The molecule has 0 radical (unpaired) electrons. The van der Waals surface area contributed by atoms with Crippen molar-refractivity contribution in [3.63, 3.8) is 0 Å². The van der Waals surface area contributed by atoms with Crippen LogP contribution in [0.2, 0.25) is 0 Å². The van der Waals surface area contributed by atoms with Gasteiger partial charge in [-0.05, 0) is 86.0 Å². The van der Waals surface area contributed by atoms with Gasteiger partial charge in [0.1, 0.15) is 23.9 Å². The van der Waals surface area contributed by atoms with Crippen LogP contribution >= 0.6 is 0 Å². The van der Waals surface area contributed by atoms with Gasteiger partial charge in [0, 0.05) is 61.5 Å². The van der Waals surface area contributed by atoms with Gasteiger partial charge in [-0.3, -0.25) is 24.5 Å². The van der Waals surface area contributed by atoms with Crippen molar-refractivity contribution in [1.82, 2.24) is 25.9 Å². The van der Waals surface area contributed by atoms with Crippen LogP contribution in [0.25, 0.3) is 11.1 Å². The first kappa shape index (κ1) is 41.2. The van der Waals surface area contributed by atoms with E-state index in [0.717, 1.165) is 35.2 Å². The summed E-state index contributed by atoms with van der Waals surface area (Å²) < 4.78 is 6.10. The number of carbonyl (C=O) groups is 3. The first-order chi connectivity index (χ1) is 27.2. The van der Waals surface area contributed by atoms with Gasteiger partial charge in [-0.25, -0.2) is 0 Å². The number of hydrogen-bond acceptors (Lipinski definition) is 10. The number of rotatable bonds is 12. The van der Waals surface area contributed by atoms with E-state index in [1.807, 2.05) is 67.5 Å². The molecule has 0 spiro atoms. The number of fused-ring (bicyclic) bond motifs is 2. The standard InChI is InChI=1S/C44H62N6O7/c1-25-33-21-30(44(33,3)4)22-34(25)46-42(54)39-38(26(2)52)36(24-51)57-50(39)23-27-12-10-13-32(40(27)56-7)28-18-29(20-31(19-28)48(5)6)43(55)49-17-11-14-35(49)41(53)47-37-15-8-9-16-45-37/h8-10,12-13,18-20,25-26,30,33-39,45,51-52H,11,14-17,21-24H2,1-7H3,(H,46,54)(H,47,53)/t25-,26-,30+,33-,34-,35-,36-,37?,38+,39-/m0/s1. The number of para-hydroxylation sites is 1. The Hall–Kier alpha value is -4.01. The molecule has 3 aliphatic heterocycles. The minimum absolute atomic E-state index is 0.0224. The first-order valence-electron chi connectivity index (χ1n) is 20.7. The minimum atomic E-state index is -0.917. The Bertz CT molecular complexity index is 1850. The number of nitrogens with one attached hydrogen (secondary N) is 3. The predicted octanol–water partition coefficient (Wildman–Crippen LogP) is 3.69. The third-order valence-corrected chi connectivity index (χ3v) is 13.8. The smallest absolute Gasteiger partial charge is 0.254 e. The van der Waals surface area contributed by atoms with Crippen LogP contribution in [-0.4, -0.2) is 115 Å². The fraction of sp³-hybridized carbons (Fsp3) is 0.614. The van der Waals surface area contributed by atoms with Gasteiger partial charge in [0.05, 0.1) is 32.5 Å². The molecule has 0 aromatic heterocycles. The minimum Gasteiger partial charge on any atom is -0.496 e. The molecular formula is C44H62N6O7. The Kier molecular flexibility index (Phi) is 12.1. The number of aliphatic hydroxyl groups is 2. The number of aliphatic hydroxyl groups excluding tert-OH is 2. The molecule has 5 fully saturated rings. The second-order valence-electron chi connectivity index (χ2n) is 17.7. The summed E-state index contributed by atoms with van der Waals surface area (Å²) in [5.41, 5.74) is 3.77. The number of ether oxygens (including phenoxy) is 1. The molecule has 2 bridgehead atoms. The Balaban J connectivity index is 1.15. The topological polar surface area (TPSA) is 156 Å². The molecule has 13 nitrogen and oxygen atoms in total. The molecule has 2 aromatic carbocycles. The zero-order chi connectivity index (χ0) is 40.8. The van der Waals surface area contributed by atoms with E-state index in [4.69, 9.17) is 9.57 Å². The van der Waals surface area contributed by atoms with Crippen LogP contribution in [0.4, 0.5) is 5.69 Å². The van der Waals surface area contributed by atoms with Crippen LogP contribution in [0, 0.1) is 29.1 Å². The van der Waals surface area contributed by atoms with Gasteiger partial charge in [0.15, 0.2) is 0 Å². The van der Waals surface area contributed by atoms with E-state index >= 15 is 0 Å². The quantitative estimate of drug-likeness (QED) is 0.201. The number of likely N-dealkylation sites (tertiary alicyclic amines) is 1. The lowest BCUT2D eigenvalue weighted by atomic mass is 9.45. The number of hydrogen-bond donors (Lipinski definition) is 5. The predicted molar refractivity (Wildman–Crippen MR) is 218 cm³/mol. The largest absolute Gasteiger partial charge is 0.496 e. The van der Waals surface area contributed by atoms with Crippen molar-refractivity contribution in [2.45, 2.75) is 103 Å². The Morgan fingerprint density at radius 3 is 2.54 bits per heavy atom. The summed E-state index contributed by atoms with van der Waals surface area (Å²) >= 11 is 0. The second-order valence-corrected chi connectivity index (χ2v) is 17.7. The lowest BCUT2D eigenvalue weighted by Gasteiger charge is -2.62. The summed E-state index contributed by atoms with van der Waals surface area (Å²) in [4.78, 5) is 52.0. The Labute approximate surface area is 337 Å². The summed E-state index contributed by atoms with van der Waals surface area (Å²) in [6.07, 6.45) is 6.36. The van der Waals surface area contributed by atoms with E-state index in [-0.39, 0.29) is 48.5 Å². The highest BCUT2D eigenvalue weighted by Gasteiger charge is 2.57. The van der Waals surface area contributed by atoms with Gasteiger partial charge in [-0.15, -0.1) is 0 Å². The molecule has 5 N–H and O–H groups in total. The summed E-state index contributed by atoms with van der Waals surface area (Å²) in [7, 11) is 5.43. The highest BCUT2D eigenvalue weighted by molar-refractivity contribution is 6.00. The SMILES string of the molecule is COc1c(CN2O[C@@H](CO)[C@@H]([C@H](C)O)[C@H]2C(=O)N[C@H]2C[C@H]3C[C@@H]([C@@H]2C)C3(C)C)cccc1-c1cc(C(=O)N2CCC[C@H]2C(=O)NC2CC=CCN2)cc(N(C)C)c1. The summed E-state index contributed by atoms with van der Waals surface area (Å²) in [5.74, 6) is 0.726. The van der Waals surface area contributed by atoms with Gasteiger partial charge in [0.2, 0.25) is 11.8 Å². The van der Waals surface area contributed by atoms with Crippen LogP contribution in [0.3, 0.4) is 0 Å². The molecule has 3 saturated carbocycles. The summed E-state index contributed by atoms with van der Waals surface area (Å²) in [6.45, 7) is 9.50. The van der Waals surface area contributed by atoms with Crippen molar-refractivity contribution in [1.29, 1.82) is 0 Å². The zero-order valence-corrected chi connectivity index (χ0v) is 34.5. The van der Waals surface area contributed by atoms with E-state index in [2.05, 4.69) is 36.7 Å². The molecule has 1 unspecified atom stereocenters. The van der Waals surface area contributed by atoms with Crippen LogP contribution in [0.15, 0.2) is 48.6 Å². The number of anilines is 1. The van der Waals surface area contributed by atoms with Crippen LogP contribution in [0.1, 0.15) is 75.7 Å². The van der Waals surface area contributed by atoms with E-state index in [1.54, 1.807) is 24.0 Å². The van der Waals surface area contributed by atoms with Crippen molar-refractivity contribution < 1.29 is 34.2 Å². The molecule has 310 valence electrons. The highest BCUT2D eigenvalue weighted by atomic mass is 16.7. The normalized spacial score (nSPS) is 31.0. The molecule has 3 aliphatic carbocycles. The average Bonchev–Trinajstić information content (AvgIpc) is 3.84. The monoisotopic (exact) mass is 786 g/mol. The fourth-order valence-corrected chi connectivity index (χ4v) is 10.4. The maximum Gasteiger partial charge on any atom is 0.254 e. The van der Waals surface area contributed by atoms with Gasteiger partial charge >= 0.3 is 0 Å². The van der Waals surface area contributed by atoms with Crippen molar-refractivity contribution in [3.05, 3.63) is 59.7 Å².